The normalized spacial score (nSPS) is 16.9. The molecule has 4 heteroatoms. The first-order valence-electron chi connectivity index (χ1n) is 6.71. The Morgan fingerprint density at radius 1 is 1.00 bits per heavy atom. The molecule has 2 aromatic rings. The second-order valence-electron chi connectivity index (χ2n) is 4.89. The van der Waals surface area contributed by atoms with Gasteiger partial charge in [-0.1, -0.05) is 12.1 Å². The van der Waals surface area contributed by atoms with Crippen LogP contribution in [-0.4, -0.2) is 20.0 Å². The number of benzene rings is 2. The van der Waals surface area contributed by atoms with Crippen LogP contribution in [0.25, 0.3) is 0 Å². The van der Waals surface area contributed by atoms with Gasteiger partial charge < -0.3 is 14.2 Å². The van der Waals surface area contributed by atoms with Gasteiger partial charge >= 0.3 is 0 Å². The predicted molar refractivity (Wildman–Crippen MR) is 78.1 cm³/mol. The van der Waals surface area contributed by atoms with Crippen molar-refractivity contribution >= 4 is 5.78 Å². The molecule has 0 fully saturated rings. The number of fused-ring (bicyclic) bond motifs is 1. The number of Topliss-reactive ketones (excluding diaryl/α,β-unsaturated/α-hetero) is 1. The fraction of sp³-hybridized carbons (Fsp3) is 0.235. The average molecular weight is 284 g/mol. The van der Waals surface area contributed by atoms with Crippen molar-refractivity contribution in [2.24, 2.45) is 0 Å². The lowest BCUT2D eigenvalue weighted by Gasteiger charge is -2.25. The highest BCUT2D eigenvalue weighted by molar-refractivity contribution is 5.88. The van der Waals surface area contributed by atoms with Crippen LogP contribution in [0.15, 0.2) is 42.5 Å². The first kappa shape index (κ1) is 13.5. The van der Waals surface area contributed by atoms with Gasteiger partial charge in [-0.2, -0.15) is 0 Å². The molecule has 0 aromatic heterocycles. The Morgan fingerprint density at radius 3 is 2.33 bits per heavy atom. The zero-order valence-electron chi connectivity index (χ0n) is 12.0. The minimum atomic E-state index is -0.559. The topological polar surface area (TPSA) is 44.8 Å². The molecular formula is C17H16O4. The van der Waals surface area contributed by atoms with Crippen molar-refractivity contribution in [3.8, 4) is 17.2 Å². The van der Waals surface area contributed by atoms with Gasteiger partial charge in [0.15, 0.2) is 11.9 Å². The molecule has 21 heavy (non-hydrogen) atoms. The summed E-state index contributed by atoms with van der Waals surface area (Å²) in [5.74, 6) is 2.26. The molecular weight excluding hydrogens is 268 g/mol. The van der Waals surface area contributed by atoms with Crippen LogP contribution in [0.5, 0.6) is 17.2 Å². The van der Waals surface area contributed by atoms with Crippen molar-refractivity contribution in [2.45, 2.75) is 12.5 Å². The predicted octanol–water partition coefficient (Wildman–Crippen LogP) is 2.95. The molecule has 1 unspecified atom stereocenters. The maximum absolute atomic E-state index is 12.3. The third-order valence-electron chi connectivity index (χ3n) is 3.59. The highest BCUT2D eigenvalue weighted by Crippen LogP contribution is 2.35. The average Bonchev–Trinajstić information content (AvgIpc) is 2.53. The fourth-order valence-corrected chi connectivity index (χ4v) is 2.44. The molecule has 0 radical (unpaired) electrons. The molecule has 108 valence electrons. The number of hydrogen-bond acceptors (Lipinski definition) is 4. The van der Waals surface area contributed by atoms with Crippen LogP contribution in [0.4, 0.5) is 0 Å². The van der Waals surface area contributed by atoms with Crippen LogP contribution in [0, 0.1) is 0 Å². The molecule has 4 nitrogen and oxygen atoms in total. The third-order valence-corrected chi connectivity index (χ3v) is 3.59. The van der Waals surface area contributed by atoms with E-state index in [2.05, 4.69) is 0 Å². The van der Waals surface area contributed by atoms with Crippen LogP contribution in [0.3, 0.4) is 0 Å². The Morgan fingerprint density at radius 2 is 1.67 bits per heavy atom. The summed E-state index contributed by atoms with van der Waals surface area (Å²) in [4.78, 5) is 12.3. The van der Waals surface area contributed by atoms with Gasteiger partial charge in [0, 0.05) is 17.5 Å². The molecule has 1 aliphatic heterocycles. The van der Waals surface area contributed by atoms with Crippen LogP contribution in [-0.2, 0) is 11.2 Å². The molecule has 1 aliphatic rings. The second-order valence-corrected chi connectivity index (χ2v) is 4.89. The third kappa shape index (κ3) is 2.57. The number of ketones is 1. The van der Waals surface area contributed by atoms with E-state index in [1.54, 1.807) is 14.2 Å². The molecule has 0 aliphatic carbocycles. The molecule has 0 saturated heterocycles. The van der Waals surface area contributed by atoms with Crippen LogP contribution in [0.1, 0.15) is 17.2 Å². The van der Waals surface area contributed by atoms with E-state index in [9.17, 15) is 4.79 Å². The Hall–Kier alpha value is -2.49. The Bertz CT molecular complexity index is 661. The summed E-state index contributed by atoms with van der Waals surface area (Å²) in [6.45, 7) is 0. The number of ether oxygens (including phenoxy) is 3. The first-order valence-corrected chi connectivity index (χ1v) is 6.71. The van der Waals surface area contributed by atoms with Crippen molar-refractivity contribution in [3.05, 3.63) is 53.6 Å². The second kappa shape index (κ2) is 5.48. The van der Waals surface area contributed by atoms with E-state index in [0.29, 0.717) is 6.42 Å². The highest BCUT2D eigenvalue weighted by atomic mass is 16.5. The molecule has 0 amide bonds. The quantitative estimate of drug-likeness (QED) is 0.869. The highest BCUT2D eigenvalue weighted by Gasteiger charge is 2.29. The van der Waals surface area contributed by atoms with Gasteiger partial charge in [-0.25, -0.2) is 0 Å². The SMILES string of the molecule is COc1ccc(C2Oc3ccc(OC)cc3CC2=O)cc1. The van der Waals surface area contributed by atoms with Gasteiger partial charge in [-0.15, -0.1) is 0 Å². The van der Waals surface area contributed by atoms with Gasteiger partial charge in [0.2, 0.25) is 0 Å². The van der Waals surface area contributed by atoms with E-state index in [-0.39, 0.29) is 5.78 Å². The van der Waals surface area contributed by atoms with Crippen molar-refractivity contribution in [1.29, 1.82) is 0 Å². The Kier molecular flexibility index (Phi) is 3.52. The molecule has 0 N–H and O–H groups in total. The summed E-state index contributed by atoms with van der Waals surface area (Å²) in [6.07, 6.45) is -0.208. The van der Waals surface area contributed by atoms with Gasteiger partial charge in [0.1, 0.15) is 17.2 Å². The van der Waals surface area contributed by atoms with Crippen molar-refractivity contribution < 1.29 is 19.0 Å². The fourth-order valence-electron chi connectivity index (χ4n) is 2.44. The summed E-state index contributed by atoms with van der Waals surface area (Å²) in [6, 6.07) is 12.9. The Balaban J connectivity index is 1.89. The van der Waals surface area contributed by atoms with Crippen LogP contribution < -0.4 is 14.2 Å². The summed E-state index contributed by atoms with van der Waals surface area (Å²) < 4.78 is 16.2. The number of carbonyl (C=O) groups excluding carboxylic acids is 1. The maximum atomic E-state index is 12.3. The molecule has 0 spiro atoms. The van der Waals surface area contributed by atoms with Crippen molar-refractivity contribution in [1.82, 2.24) is 0 Å². The summed E-state index contributed by atoms with van der Waals surface area (Å²) >= 11 is 0. The largest absolute Gasteiger partial charge is 0.497 e. The van der Waals surface area contributed by atoms with Crippen molar-refractivity contribution in [2.75, 3.05) is 14.2 Å². The Labute approximate surface area is 123 Å². The van der Waals surface area contributed by atoms with E-state index >= 15 is 0 Å². The lowest BCUT2D eigenvalue weighted by Crippen LogP contribution is -2.25. The minimum absolute atomic E-state index is 0.0425. The monoisotopic (exact) mass is 284 g/mol. The standard InChI is InChI=1S/C17H16O4/c1-19-13-5-3-11(4-6-13)17-15(18)10-12-9-14(20-2)7-8-16(12)21-17/h3-9,17H,10H2,1-2H3. The molecule has 2 aromatic carbocycles. The van der Waals surface area contributed by atoms with Gasteiger partial charge in [0.05, 0.1) is 14.2 Å². The summed E-state index contributed by atoms with van der Waals surface area (Å²) in [5, 5.41) is 0. The molecule has 0 bridgehead atoms. The summed E-state index contributed by atoms with van der Waals surface area (Å²) in [7, 11) is 3.22. The number of rotatable bonds is 3. The maximum Gasteiger partial charge on any atom is 0.182 e. The first-order chi connectivity index (χ1) is 10.2. The van der Waals surface area contributed by atoms with Gasteiger partial charge in [-0.3, -0.25) is 4.79 Å². The molecule has 3 rings (SSSR count). The van der Waals surface area contributed by atoms with E-state index in [1.807, 2.05) is 42.5 Å². The minimum Gasteiger partial charge on any atom is -0.497 e. The lowest BCUT2D eigenvalue weighted by molar-refractivity contribution is -0.126. The van der Waals surface area contributed by atoms with E-state index in [4.69, 9.17) is 14.2 Å². The van der Waals surface area contributed by atoms with E-state index in [0.717, 1.165) is 28.4 Å². The zero-order valence-corrected chi connectivity index (χ0v) is 12.0. The van der Waals surface area contributed by atoms with Crippen molar-refractivity contribution in [3.63, 3.8) is 0 Å². The lowest BCUT2D eigenvalue weighted by atomic mass is 9.96. The van der Waals surface area contributed by atoms with E-state index < -0.39 is 6.10 Å². The van der Waals surface area contributed by atoms with Gasteiger partial charge in [0.25, 0.3) is 0 Å². The molecule has 1 heterocycles. The smallest absolute Gasteiger partial charge is 0.182 e. The number of methoxy groups -OCH3 is 2. The zero-order chi connectivity index (χ0) is 14.8. The number of hydrogen-bond donors (Lipinski definition) is 0. The molecule has 1 atom stereocenters. The summed E-state index contributed by atoms with van der Waals surface area (Å²) in [5.41, 5.74) is 1.70. The number of carbonyl (C=O) groups is 1. The van der Waals surface area contributed by atoms with Crippen LogP contribution >= 0.6 is 0 Å². The van der Waals surface area contributed by atoms with Gasteiger partial charge in [-0.05, 0) is 30.3 Å². The van der Waals surface area contributed by atoms with E-state index in [1.165, 1.54) is 0 Å². The van der Waals surface area contributed by atoms with Crippen LogP contribution in [0.2, 0.25) is 0 Å². The molecule has 0 saturated carbocycles.